The van der Waals surface area contributed by atoms with E-state index in [0.717, 1.165) is 0 Å². The molecule has 1 aliphatic rings. The molecule has 26 heavy (non-hydrogen) atoms. The van der Waals surface area contributed by atoms with Gasteiger partial charge in [-0.05, 0) is 32.4 Å². The molecule has 0 fully saturated rings. The van der Waals surface area contributed by atoms with E-state index in [4.69, 9.17) is 27.9 Å². The maximum Gasteiger partial charge on any atom is 0.334 e. The van der Waals surface area contributed by atoms with Crippen molar-refractivity contribution in [3.63, 3.8) is 0 Å². The summed E-state index contributed by atoms with van der Waals surface area (Å²) in [4.78, 5) is 25.6. The summed E-state index contributed by atoms with van der Waals surface area (Å²) in [7, 11) is 0. The first-order valence-corrected chi connectivity index (χ1v) is 8.65. The van der Waals surface area contributed by atoms with Crippen LogP contribution in [0, 0.1) is 0 Å². The van der Waals surface area contributed by atoms with Gasteiger partial charge in [-0.1, -0.05) is 35.3 Å². The maximum absolute atomic E-state index is 12.0. The number of carbonyl (C=O) groups is 2. The van der Waals surface area contributed by atoms with Gasteiger partial charge in [-0.3, -0.25) is 0 Å². The average Bonchev–Trinajstić information content (AvgIpc) is 2.56. The van der Waals surface area contributed by atoms with Crippen molar-refractivity contribution >= 4 is 35.1 Å². The summed E-state index contributed by atoms with van der Waals surface area (Å²) in [6, 6.07) is 4.76. The first-order chi connectivity index (χ1) is 12.2. The highest BCUT2D eigenvalue weighted by molar-refractivity contribution is 6.42. The Labute approximate surface area is 161 Å². The van der Waals surface area contributed by atoms with E-state index in [9.17, 15) is 19.8 Å². The van der Waals surface area contributed by atoms with Crippen LogP contribution in [0.3, 0.4) is 0 Å². The lowest BCUT2D eigenvalue weighted by atomic mass is 9.80. The minimum absolute atomic E-state index is 0.0533. The van der Waals surface area contributed by atoms with Gasteiger partial charge in [0.1, 0.15) is 6.73 Å². The number of benzene rings is 1. The Bertz CT molecular complexity index is 778. The van der Waals surface area contributed by atoms with Crippen molar-refractivity contribution in [1.82, 2.24) is 4.90 Å². The van der Waals surface area contributed by atoms with Crippen LogP contribution in [-0.4, -0.2) is 40.4 Å². The third kappa shape index (κ3) is 3.58. The number of nitrogens with zero attached hydrogens (tertiary/aromatic N) is 1. The minimum Gasteiger partial charge on any atom is -0.478 e. The van der Waals surface area contributed by atoms with Crippen LogP contribution in [0.1, 0.15) is 32.3 Å². The predicted octanol–water partition coefficient (Wildman–Crippen LogP) is 4.10. The Balaban J connectivity index is 2.78. The first kappa shape index (κ1) is 20.3. The quantitative estimate of drug-likeness (QED) is 0.748. The lowest BCUT2D eigenvalue weighted by Crippen LogP contribution is -2.35. The van der Waals surface area contributed by atoms with E-state index >= 15 is 0 Å². The fraction of sp³-hybridized carbons (Fsp3) is 0.333. The molecule has 140 valence electrons. The second kappa shape index (κ2) is 8.12. The molecule has 8 heteroatoms. The van der Waals surface area contributed by atoms with Gasteiger partial charge in [0, 0.05) is 18.0 Å². The number of hydrogen-bond acceptors (Lipinski definition) is 4. The summed E-state index contributed by atoms with van der Waals surface area (Å²) in [5.41, 5.74) is 0.987. The van der Waals surface area contributed by atoms with E-state index in [1.165, 1.54) is 0 Å². The Morgan fingerprint density at radius 1 is 1.12 bits per heavy atom. The molecule has 0 saturated carbocycles. The number of hydrogen-bond donors (Lipinski definition) is 2. The Hall–Kier alpha value is -2.02. The molecule has 1 heterocycles. The third-order valence-electron chi connectivity index (χ3n) is 4.34. The van der Waals surface area contributed by atoms with Gasteiger partial charge in [-0.2, -0.15) is 0 Å². The van der Waals surface area contributed by atoms with E-state index in [1.54, 1.807) is 43.9 Å². The lowest BCUT2D eigenvalue weighted by Gasteiger charge is -2.36. The zero-order valence-electron chi connectivity index (χ0n) is 14.5. The number of ether oxygens (including phenoxy) is 1. The van der Waals surface area contributed by atoms with Crippen LogP contribution in [0.5, 0.6) is 0 Å². The summed E-state index contributed by atoms with van der Waals surface area (Å²) in [5.74, 6) is -3.50. The molecule has 0 amide bonds. The van der Waals surface area contributed by atoms with E-state index in [0.29, 0.717) is 23.6 Å². The van der Waals surface area contributed by atoms with Crippen LogP contribution >= 0.6 is 23.2 Å². The summed E-state index contributed by atoms with van der Waals surface area (Å²) >= 11 is 12.3. The molecule has 1 aromatic rings. The molecule has 0 spiro atoms. The van der Waals surface area contributed by atoms with Crippen molar-refractivity contribution in [2.45, 2.75) is 26.7 Å². The minimum atomic E-state index is -1.23. The van der Waals surface area contributed by atoms with Crippen LogP contribution in [-0.2, 0) is 14.3 Å². The number of halogens is 2. The molecule has 1 aliphatic heterocycles. The zero-order valence-corrected chi connectivity index (χ0v) is 16.1. The first-order valence-electron chi connectivity index (χ1n) is 7.89. The van der Waals surface area contributed by atoms with Crippen molar-refractivity contribution in [2.24, 2.45) is 0 Å². The number of rotatable bonds is 6. The largest absolute Gasteiger partial charge is 0.478 e. The number of carboxylic acids is 2. The van der Waals surface area contributed by atoms with Crippen molar-refractivity contribution < 1.29 is 24.5 Å². The number of allylic oxidation sites excluding steroid dienone is 2. The second-order valence-corrected chi connectivity index (χ2v) is 6.52. The Morgan fingerprint density at radius 3 is 2.12 bits per heavy atom. The molecule has 0 saturated heterocycles. The standard InChI is InChI=1S/C18H19Cl2NO5/c1-4-26-8-21-9(2)13(17(22)23)15(14(10(21)3)18(24)25)11-6-5-7-12(19)16(11)20/h5-7,15H,4,8H2,1-3H3,(H,22,23)(H,24,25). The molecule has 0 unspecified atom stereocenters. The summed E-state index contributed by atoms with van der Waals surface area (Å²) in [5, 5.41) is 20.0. The monoisotopic (exact) mass is 399 g/mol. The van der Waals surface area contributed by atoms with Crippen LogP contribution in [0.2, 0.25) is 10.0 Å². The molecule has 0 aliphatic carbocycles. The van der Waals surface area contributed by atoms with Crippen LogP contribution < -0.4 is 0 Å². The van der Waals surface area contributed by atoms with Crippen molar-refractivity contribution in [1.29, 1.82) is 0 Å². The van der Waals surface area contributed by atoms with Crippen molar-refractivity contribution in [2.75, 3.05) is 13.3 Å². The Morgan fingerprint density at radius 2 is 1.65 bits per heavy atom. The van der Waals surface area contributed by atoms with Crippen molar-refractivity contribution in [3.8, 4) is 0 Å². The molecule has 0 aromatic heterocycles. The van der Waals surface area contributed by atoms with Crippen LogP contribution in [0.25, 0.3) is 0 Å². The zero-order chi connectivity index (χ0) is 19.6. The normalized spacial score (nSPS) is 15.7. The molecule has 0 radical (unpaired) electrons. The van der Waals surface area contributed by atoms with Gasteiger partial charge in [-0.25, -0.2) is 9.59 Å². The van der Waals surface area contributed by atoms with E-state index in [2.05, 4.69) is 0 Å². The molecule has 2 rings (SSSR count). The Kier molecular flexibility index (Phi) is 6.34. The summed E-state index contributed by atoms with van der Waals surface area (Å²) < 4.78 is 5.38. The SMILES string of the molecule is CCOCN1C(C)=C(C(=O)O)C(c2cccc(Cl)c2Cl)C(C(=O)O)=C1C. The molecule has 0 bridgehead atoms. The lowest BCUT2D eigenvalue weighted by molar-refractivity contribution is -0.133. The van der Waals surface area contributed by atoms with E-state index < -0.39 is 17.9 Å². The van der Waals surface area contributed by atoms with E-state index in [-0.39, 0.29) is 27.9 Å². The molecule has 0 atom stereocenters. The fourth-order valence-corrected chi connectivity index (χ4v) is 3.51. The summed E-state index contributed by atoms with van der Waals surface area (Å²) in [6.07, 6.45) is 0. The van der Waals surface area contributed by atoms with Crippen LogP contribution in [0.4, 0.5) is 0 Å². The van der Waals surface area contributed by atoms with Gasteiger partial charge in [-0.15, -0.1) is 0 Å². The van der Waals surface area contributed by atoms with Gasteiger partial charge >= 0.3 is 11.9 Å². The molecule has 2 N–H and O–H groups in total. The van der Waals surface area contributed by atoms with E-state index in [1.807, 2.05) is 0 Å². The number of aliphatic carboxylic acids is 2. The maximum atomic E-state index is 12.0. The van der Waals surface area contributed by atoms with Gasteiger partial charge in [0.2, 0.25) is 0 Å². The highest BCUT2D eigenvalue weighted by atomic mass is 35.5. The van der Waals surface area contributed by atoms with Gasteiger partial charge in [0.25, 0.3) is 0 Å². The summed E-state index contributed by atoms with van der Waals surface area (Å²) in [6.45, 7) is 5.50. The third-order valence-corrected chi connectivity index (χ3v) is 5.18. The average molecular weight is 400 g/mol. The van der Waals surface area contributed by atoms with Gasteiger partial charge in [0.05, 0.1) is 27.1 Å². The smallest absolute Gasteiger partial charge is 0.334 e. The fourth-order valence-electron chi connectivity index (χ4n) is 3.09. The highest BCUT2D eigenvalue weighted by Gasteiger charge is 2.40. The molecular formula is C18H19Cl2NO5. The molecule has 1 aromatic carbocycles. The topological polar surface area (TPSA) is 87.1 Å². The second-order valence-electron chi connectivity index (χ2n) is 5.73. The van der Waals surface area contributed by atoms with Gasteiger partial charge < -0.3 is 19.8 Å². The molecular weight excluding hydrogens is 381 g/mol. The highest BCUT2D eigenvalue weighted by Crippen LogP contribution is 2.45. The van der Waals surface area contributed by atoms with Gasteiger partial charge in [0.15, 0.2) is 0 Å². The van der Waals surface area contributed by atoms with Crippen molar-refractivity contribution in [3.05, 3.63) is 56.3 Å². The van der Waals surface area contributed by atoms with Crippen LogP contribution in [0.15, 0.2) is 40.7 Å². The molecule has 6 nitrogen and oxygen atoms in total. The number of carboxylic acid groups (broad SMARTS) is 2. The predicted molar refractivity (Wildman–Crippen MR) is 98.2 cm³/mol.